The quantitative estimate of drug-likeness (QED) is 0.602. The fraction of sp³-hybridized carbons (Fsp3) is 0. The molecule has 1 aromatic rings. The molecule has 0 spiro atoms. The minimum Gasteiger partial charge on any atom is -0.509 e. The molecule has 0 amide bonds. The maximum atomic E-state index is 8.78. The molecule has 12 heavy (non-hydrogen) atoms. The third kappa shape index (κ3) is 2.93. The second kappa shape index (κ2) is 4.12. The average Bonchev–Trinajstić information content (AvgIpc) is 2.03. The summed E-state index contributed by atoms with van der Waals surface area (Å²) in [5, 5.41) is 8.78. The fourth-order valence-electron chi connectivity index (χ4n) is 0.766. The number of aliphatic hydroxyl groups is 1. The van der Waals surface area contributed by atoms with Crippen molar-refractivity contribution >= 4 is 22.0 Å². The van der Waals surface area contributed by atoms with Gasteiger partial charge in [0, 0.05) is 4.47 Å². The first-order valence-electron chi connectivity index (χ1n) is 3.50. The molecule has 2 heteroatoms. The molecule has 1 aromatic carbocycles. The highest BCUT2D eigenvalue weighted by atomic mass is 79.9. The molecule has 0 unspecified atom stereocenters. The Morgan fingerprint density at radius 3 is 2.42 bits per heavy atom. The van der Waals surface area contributed by atoms with Crippen LogP contribution in [0, 0.1) is 0 Å². The van der Waals surface area contributed by atoms with Crippen molar-refractivity contribution in [3.05, 3.63) is 52.7 Å². The molecule has 0 aromatic heterocycles. The second-order valence-electron chi connectivity index (χ2n) is 2.38. The van der Waals surface area contributed by atoms with Crippen LogP contribution >= 0.6 is 15.9 Å². The van der Waals surface area contributed by atoms with E-state index in [2.05, 4.69) is 22.5 Å². The number of benzene rings is 1. The molecule has 0 heterocycles. The highest BCUT2D eigenvalue weighted by Gasteiger charge is 1.86. The predicted molar refractivity (Wildman–Crippen MR) is 54.9 cm³/mol. The van der Waals surface area contributed by atoms with Gasteiger partial charge in [0.25, 0.3) is 0 Å². The molecule has 0 radical (unpaired) electrons. The highest BCUT2D eigenvalue weighted by molar-refractivity contribution is 9.10. The van der Waals surface area contributed by atoms with Crippen molar-refractivity contribution in [2.75, 3.05) is 0 Å². The second-order valence-corrected chi connectivity index (χ2v) is 3.29. The predicted octanol–water partition coefficient (Wildman–Crippen LogP) is 3.53. The standard InChI is InChI=1S/C10H9BrO/c1-8(12)2-3-9-4-6-10(11)7-5-9/h2-7,12H,1H2/b3-2+. The summed E-state index contributed by atoms with van der Waals surface area (Å²) in [6.07, 6.45) is 3.36. The van der Waals surface area contributed by atoms with Crippen LogP contribution in [0.2, 0.25) is 0 Å². The largest absolute Gasteiger partial charge is 0.509 e. The minimum atomic E-state index is 0.0675. The fourth-order valence-corrected chi connectivity index (χ4v) is 1.03. The van der Waals surface area contributed by atoms with Crippen LogP contribution in [0.1, 0.15) is 5.56 Å². The Labute approximate surface area is 80.2 Å². The molecule has 0 aliphatic rings. The molecule has 0 saturated heterocycles. The van der Waals surface area contributed by atoms with Crippen molar-refractivity contribution in [2.24, 2.45) is 0 Å². The van der Waals surface area contributed by atoms with E-state index in [1.54, 1.807) is 12.2 Å². The van der Waals surface area contributed by atoms with Crippen LogP contribution in [0.15, 0.2) is 47.2 Å². The molecule has 0 atom stereocenters. The normalized spacial score (nSPS) is 10.4. The van der Waals surface area contributed by atoms with Crippen LogP contribution in [0.3, 0.4) is 0 Å². The van der Waals surface area contributed by atoms with Crippen LogP contribution in [-0.4, -0.2) is 5.11 Å². The first-order valence-corrected chi connectivity index (χ1v) is 4.29. The average molecular weight is 225 g/mol. The lowest BCUT2D eigenvalue weighted by molar-refractivity contribution is 0.436. The lowest BCUT2D eigenvalue weighted by Gasteiger charge is -1.92. The summed E-state index contributed by atoms with van der Waals surface area (Å²) < 4.78 is 1.04. The van der Waals surface area contributed by atoms with Gasteiger partial charge in [-0.1, -0.05) is 40.7 Å². The molecule has 1 N–H and O–H groups in total. The van der Waals surface area contributed by atoms with E-state index in [9.17, 15) is 0 Å². The van der Waals surface area contributed by atoms with Gasteiger partial charge in [0.15, 0.2) is 0 Å². The summed E-state index contributed by atoms with van der Waals surface area (Å²) in [4.78, 5) is 0. The minimum absolute atomic E-state index is 0.0675. The number of hydrogen-bond acceptors (Lipinski definition) is 1. The molecule has 0 bridgehead atoms. The maximum absolute atomic E-state index is 8.78. The first kappa shape index (κ1) is 9.07. The third-order valence-electron chi connectivity index (χ3n) is 1.34. The van der Waals surface area contributed by atoms with Crippen LogP contribution in [0.4, 0.5) is 0 Å². The van der Waals surface area contributed by atoms with Gasteiger partial charge < -0.3 is 5.11 Å². The first-order chi connectivity index (χ1) is 5.68. The van der Waals surface area contributed by atoms with Crippen molar-refractivity contribution in [3.8, 4) is 0 Å². The van der Waals surface area contributed by atoms with E-state index < -0.39 is 0 Å². The zero-order valence-corrected chi connectivity index (χ0v) is 8.08. The van der Waals surface area contributed by atoms with E-state index in [0.29, 0.717) is 0 Å². The number of hydrogen-bond donors (Lipinski definition) is 1. The van der Waals surface area contributed by atoms with Gasteiger partial charge in [0.1, 0.15) is 5.76 Å². The highest BCUT2D eigenvalue weighted by Crippen LogP contribution is 2.11. The van der Waals surface area contributed by atoms with Crippen molar-refractivity contribution < 1.29 is 5.11 Å². The zero-order chi connectivity index (χ0) is 8.97. The van der Waals surface area contributed by atoms with Crippen molar-refractivity contribution in [1.82, 2.24) is 0 Å². The van der Waals surface area contributed by atoms with Gasteiger partial charge in [-0.25, -0.2) is 0 Å². The summed E-state index contributed by atoms with van der Waals surface area (Å²) in [5.41, 5.74) is 1.04. The van der Waals surface area contributed by atoms with E-state index in [0.717, 1.165) is 10.0 Å². The molecule has 1 nitrogen and oxygen atoms in total. The maximum Gasteiger partial charge on any atom is 0.108 e. The van der Waals surface area contributed by atoms with E-state index in [1.165, 1.54) is 0 Å². The van der Waals surface area contributed by atoms with Gasteiger partial charge >= 0.3 is 0 Å². The molecule has 0 aliphatic carbocycles. The third-order valence-corrected chi connectivity index (χ3v) is 1.87. The van der Waals surface area contributed by atoms with E-state index in [-0.39, 0.29) is 5.76 Å². The monoisotopic (exact) mass is 224 g/mol. The topological polar surface area (TPSA) is 20.2 Å². The molecule has 0 saturated carbocycles. The van der Waals surface area contributed by atoms with Gasteiger partial charge in [0.05, 0.1) is 0 Å². The Balaban J connectivity index is 2.77. The van der Waals surface area contributed by atoms with Gasteiger partial charge in [-0.15, -0.1) is 0 Å². The molecule has 0 aliphatic heterocycles. The lowest BCUT2D eigenvalue weighted by atomic mass is 10.2. The lowest BCUT2D eigenvalue weighted by Crippen LogP contribution is -1.72. The molecule has 1 rings (SSSR count). The van der Waals surface area contributed by atoms with E-state index in [4.69, 9.17) is 5.11 Å². The number of aliphatic hydroxyl groups excluding tert-OH is 1. The van der Waals surface area contributed by atoms with Crippen molar-refractivity contribution in [1.29, 1.82) is 0 Å². The zero-order valence-electron chi connectivity index (χ0n) is 6.50. The van der Waals surface area contributed by atoms with E-state index in [1.807, 2.05) is 24.3 Å². The molecule has 62 valence electrons. The Morgan fingerprint density at radius 1 is 1.33 bits per heavy atom. The SMILES string of the molecule is C=C(O)/C=C/c1ccc(Br)cc1. The number of allylic oxidation sites excluding steroid dienone is 1. The number of rotatable bonds is 2. The summed E-state index contributed by atoms with van der Waals surface area (Å²) in [6, 6.07) is 7.78. The summed E-state index contributed by atoms with van der Waals surface area (Å²) in [7, 11) is 0. The number of halogens is 1. The summed E-state index contributed by atoms with van der Waals surface area (Å²) in [5.74, 6) is 0.0675. The molecule has 0 fully saturated rings. The van der Waals surface area contributed by atoms with Gasteiger partial charge in [-0.3, -0.25) is 0 Å². The van der Waals surface area contributed by atoms with Crippen LogP contribution in [-0.2, 0) is 0 Å². The summed E-state index contributed by atoms with van der Waals surface area (Å²) >= 11 is 3.33. The Morgan fingerprint density at radius 2 is 1.92 bits per heavy atom. The Kier molecular flexibility index (Phi) is 3.11. The van der Waals surface area contributed by atoms with Crippen molar-refractivity contribution in [2.45, 2.75) is 0 Å². The van der Waals surface area contributed by atoms with Gasteiger partial charge in [0.2, 0.25) is 0 Å². The van der Waals surface area contributed by atoms with Crippen LogP contribution < -0.4 is 0 Å². The molecular weight excluding hydrogens is 216 g/mol. The smallest absolute Gasteiger partial charge is 0.108 e. The van der Waals surface area contributed by atoms with Gasteiger partial charge in [-0.2, -0.15) is 0 Å². The van der Waals surface area contributed by atoms with Gasteiger partial charge in [-0.05, 0) is 23.8 Å². The van der Waals surface area contributed by atoms with Crippen LogP contribution in [0.25, 0.3) is 6.08 Å². The van der Waals surface area contributed by atoms with Crippen LogP contribution in [0.5, 0.6) is 0 Å². The Bertz CT molecular complexity index is 298. The van der Waals surface area contributed by atoms with E-state index >= 15 is 0 Å². The Hall–Kier alpha value is -1.02. The molecular formula is C10H9BrO. The summed E-state index contributed by atoms with van der Waals surface area (Å²) in [6.45, 7) is 3.35. The van der Waals surface area contributed by atoms with Crippen molar-refractivity contribution in [3.63, 3.8) is 0 Å².